The smallest absolute Gasteiger partial charge is 0.283 e. The van der Waals surface area contributed by atoms with Gasteiger partial charge in [0.25, 0.3) is 6.43 Å². The summed E-state index contributed by atoms with van der Waals surface area (Å²) >= 11 is 2.87. The summed E-state index contributed by atoms with van der Waals surface area (Å²) in [5.74, 6) is -1.59. The summed E-state index contributed by atoms with van der Waals surface area (Å²) in [4.78, 5) is 3.09. The molecule has 13 heavy (non-hydrogen) atoms. The number of halogens is 4. The van der Waals surface area contributed by atoms with Crippen LogP contribution in [0, 0.1) is 5.82 Å². The predicted molar refractivity (Wildman–Crippen MR) is 43.4 cm³/mol. The lowest BCUT2D eigenvalue weighted by atomic mass is 10.2. The van der Waals surface area contributed by atoms with Gasteiger partial charge in [0.05, 0.1) is 6.20 Å². The van der Waals surface area contributed by atoms with Crippen LogP contribution in [0.1, 0.15) is 17.7 Å². The van der Waals surface area contributed by atoms with Crippen molar-refractivity contribution in [1.29, 1.82) is 0 Å². The largest absolute Gasteiger partial charge is 0.506 e. The van der Waals surface area contributed by atoms with Crippen molar-refractivity contribution in [2.75, 3.05) is 0 Å². The molecule has 1 rings (SSSR count). The van der Waals surface area contributed by atoms with Gasteiger partial charge in [0.2, 0.25) is 0 Å². The third-order valence-corrected chi connectivity index (χ3v) is 2.03. The maximum absolute atomic E-state index is 13.1. The Bertz CT molecular complexity index is 319. The van der Waals surface area contributed by atoms with Crippen molar-refractivity contribution in [2.24, 2.45) is 0 Å². The van der Waals surface area contributed by atoms with Crippen LogP contribution in [0.3, 0.4) is 0 Å². The summed E-state index contributed by atoms with van der Waals surface area (Å²) < 4.78 is 37.2. The van der Waals surface area contributed by atoms with E-state index in [9.17, 15) is 13.2 Å². The molecule has 0 bridgehead atoms. The van der Waals surface area contributed by atoms with Gasteiger partial charge < -0.3 is 5.11 Å². The SMILES string of the molecule is Oc1cnc(C(F)F)c(F)c1CBr. The molecule has 1 N–H and O–H groups in total. The Morgan fingerprint density at radius 2 is 2.15 bits per heavy atom. The average Bonchev–Trinajstić information content (AvgIpc) is 2.04. The van der Waals surface area contributed by atoms with Crippen LogP contribution in [0.4, 0.5) is 13.2 Å². The van der Waals surface area contributed by atoms with Crippen LogP contribution in [-0.2, 0) is 5.33 Å². The molecular weight excluding hydrogens is 251 g/mol. The van der Waals surface area contributed by atoms with Crippen LogP contribution >= 0.6 is 15.9 Å². The molecule has 0 aliphatic heterocycles. The monoisotopic (exact) mass is 255 g/mol. The minimum atomic E-state index is -2.97. The third-order valence-electron chi connectivity index (χ3n) is 1.47. The number of hydrogen-bond acceptors (Lipinski definition) is 2. The van der Waals surface area contributed by atoms with Crippen molar-refractivity contribution in [3.05, 3.63) is 23.3 Å². The Hall–Kier alpha value is -0.780. The fourth-order valence-corrected chi connectivity index (χ4v) is 1.34. The van der Waals surface area contributed by atoms with Crippen molar-refractivity contribution in [1.82, 2.24) is 4.98 Å². The average molecular weight is 256 g/mol. The second-order valence-corrected chi connectivity index (χ2v) is 2.82. The first-order valence-corrected chi connectivity index (χ1v) is 4.40. The van der Waals surface area contributed by atoms with Gasteiger partial charge in [0.1, 0.15) is 11.4 Å². The number of aromatic hydroxyl groups is 1. The molecule has 2 nitrogen and oxygen atoms in total. The molecule has 1 heterocycles. The lowest BCUT2D eigenvalue weighted by Crippen LogP contribution is -1.99. The summed E-state index contributed by atoms with van der Waals surface area (Å²) in [5.41, 5.74) is -1.14. The van der Waals surface area contributed by atoms with E-state index in [0.717, 1.165) is 6.20 Å². The Morgan fingerprint density at radius 3 is 2.62 bits per heavy atom. The third kappa shape index (κ3) is 1.93. The van der Waals surface area contributed by atoms with E-state index in [1.54, 1.807) is 0 Å². The second kappa shape index (κ2) is 3.95. The molecule has 0 aromatic carbocycles. The van der Waals surface area contributed by atoms with Crippen LogP contribution in [-0.4, -0.2) is 10.1 Å². The van der Waals surface area contributed by atoms with Gasteiger partial charge in [-0.1, -0.05) is 15.9 Å². The molecule has 6 heteroatoms. The van der Waals surface area contributed by atoms with Crippen molar-refractivity contribution < 1.29 is 18.3 Å². The topological polar surface area (TPSA) is 33.1 Å². The molecule has 0 spiro atoms. The van der Waals surface area contributed by atoms with Crippen LogP contribution in [0.25, 0.3) is 0 Å². The van der Waals surface area contributed by atoms with Crippen molar-refractivity contribution in [2.45, 2.75) is 11.8 Å². The van der Waals surface area contributed by atoms with Gasteiger partial charge >= 0.3 is 0 Å². The van der Waals surface area contributed by atoms with Gasteiger partial charge in [0.15, 0.2) is 5.82 Å². The molecule has 0 unspecified atom stereocenters. The van der Waals surface area contributed by atoms with Gasteiger partial charge in [-0.15, -0.1) is 0 Å². The zero-order chi connectivity index (χ0) is 10.0. The molecule has 0 radical (unpaired) electrons. The van der Waals surface area contributed by atoms with Gasteiger partial charge in [-0.25, -0.2) is 18.2 Å². The van der Waals surface area contributed by atoms with Crippen LogP contribution in [0.15, 0.2) is 6.20 Å². The number of aromatic nitrogens is 1. The highest BCUT2D eigenvalue weighted by Crippen LogP contribution is 2.28. The van der Waals surface area contributed by atoms with E-state index in [2.05, 4.69) is 20.9 Å². The Morgan fingerprint density at radius 1 is 1.54 bits per heavy atom. The van der Waals surface area contributed by atoms with E-state index >= 15 is 0 Å². The number of hydrogen-bond donors (Lipinski definition) is 1. The Labute approximate surface area is 80.5 Å². The first-order valence-electron chi connectivity index (χ1n) is 3.28. The van der Waals surface area contributed by atoms with E-state index in [4.69, 9.17) is 5.11 Å². The normalized spacial score (nSPS) is 10.8. The fourth-order valence-electron chi connectivity index (χ4n) is 0.812. The lowest BCUT2D eigenvalue weighted by molar-refractivity contribution is 0.140. The second-order valence-electron chi connectivity index (χ2n) is 2.26. The zero-order valence-electron chi connectivity index (χ0n) is 6.27. The number of pyridine rings is 1. The minimum absolute atomic E-state index is 0.0348. The molecule has 1 aromatic rings. The highest BCUT2D eigenvalue weighted by atomic mass is 79.9. The summed E-state index contributed by atoms with van der Waals surface area (Å²) in [7, 11) is 0. The van der Waals surface area contributed by atoms with Gasteiger partial charge in [-0.3, -0.25) is 0 Å². The molecule has 0 amide bonds. The highest BCUT2D eigenvalue weighted by Gasteiger charge is 2.20. The van der Waals surface area contributed by atoms with Gasteiger partial charge in [-0.2, -0.15) is 0 Å². The lowest BCUT2D eigenvalue weighted by Gasteiger charge is -2.05. The number of alkyl halides is 3. The Kier molecular flexibility index (Phi) is 3.13. The molecule has 0 saturated heterocycles. The van der Waals surface area contributed by atoms with Gasteiger partial charge in [-0.05, 0) is 0 Å². The minimum Gasteiger partial charge on any atom is -0.506 e. The molecule has 0 fully saturated rings. The molecule has 0 saturated carbocycles. The fraction of sp³-hybridized carbons (Fsp3) is 0.286. The van der Waals surface area contributed by atoms with Crippen LogP contribution in [0.2, 0.25) is 0 Å². The first kappa shape index (κ1) is 10.3. The number of rotatable bonds is 2. The molecular formula is C7H5BrF3NO. The van der Waals surface area contributed by atoms with E-state index < -0.39 is 23.7 Å². The maximum Gasteiger partial charge on any atom is 0.283 e. The maximum atomic E-state index is 13.1. The predicted octanol–water partition coefficient (Wildman–Crippen LogP) is 2.76. The van der Waals surface area contributed by atoms with E-state index in [-0.39, 0.29) is 10.9 Å². The molecule has 72 valence electrons. The summed E-state index contributed by atoms with van der Waals surface area (Å²) in [6, 6.07) is 0. The molecule has 0 atom stereocenters. The first-order chi connectivity index (χ1) is 6.07. The van der Waals surface area contributed by atoms with Crippen LogP contribution < -0.4 is 0 Å². The van der Waals surface area contributed by atoms with Gasteiger partial charge in [0, 0.05) is 10.9 Å². The number of nitrogens with zero attached hydrogens (tertiary/aromatic N) is 1. The summed E-state index contributed by atoms with van der Waals surface area (Å²) in [6.07, 6.45) is -2.17. The summed E-state index contributed by atoms with van der Waals surface area (Å²) in [6.45, 7) is 0. The van der Waals surface area contributed by atoms with E-state index in [1.165, 1.54) is 0 Å². The molecule has 0 aliphatic rings. The molecule has 0 aliphatic carbocycles. The van der Waals surface area contributed by atoms with Crippen molar-refractivity contribution >= 4 is 15.9 Å². The van der Waals surface area contributed by atoms with E-state index in [1.807, 2.05) is 0 Å². The van der Waals surface area contributed by atoms with Crippen molar-refractivity contribution in [3.8, 4) is 5.75 Å². The zero-order valence-corrected chi connectivity index (χ0v) is 7.85. The standard InChI is InChI=1S/C7H5BrF3NO/c8-1-3-4(13)2-12-6(5(3)9)7(10)11/h2,7,13H,1H2. The highest BCUT2D eigenvalue weighted by molar-refractivity contribution is 9.08. The van der Waals surface area contributed by atoms with Crippen LogP contribution in [0.5, 0.6) is 5.75 Å². The molecule has 1 aromatic heterocycles. The summed E-state index contributed by atoms with van der Waals surface area (Å²) in [5, 5.41) is 8.99. The quantitative estimate of drug-likeness (QED) is 0.825. The van der Waals surface area contributed by atoms with E-state index in [0.29, 0.717) is 0 Å². The van der Waals surface area contributed by atoms with Crippen molar-refractivity contribution in [3.63, 3.8) is 0 Å². The Balaban J connectivity index is 3.27.